The Kier molecular flexibility index (Phi) is 4.01. The van der Waals surface area contributed by atoms with Crippen molar-refractivity contribution in [3.8, 4) is 11.5 Å². The lowest BCUT2D eigenvalue weighted by Gasteiger charge is -2.13. The van der Waals surface area contributed by atoms with Crippen LogP contribution >= 0.6 is 11.3 Å². The zero-order valence-electron chi connectivity index (χ0n) is 9.50. The smallest absolute Gasteiger partial charge is 0.161 e. The Morgan fingerprint density at radius 2 is 1.94 bits per heavy atom. The molecule has 0 saturated carbocycles. The third kappa shape index (κ3) is 2.99. The van der Waals surface area contributed by atoms with Crippen LogP contribution in [0.2, 0.25) is 0 Å². The van der Waals surface area contributed by atoms with Crippen LogP contribution in [0.5, 0.6) is 11.5 Å². The number of ether oxygens (including phenoxy) is 2. The van der Waals surface area contributed by atoms with Gasteiger partial charge in [-0.25, -0.2) is 0 Å². The second-order valence-corrected chi connectivity index (χ2v) is 4.47. The van der Waals surface area contributed by atoms with Gasteiger partial charge in [0, 0.05) is 4.88 Å². The molecule has 4 heteroatoms. The van der Waals surface area contributed by atoms with E-state index in [1.807, 2.05) is 41.8 Å². The van der Waals surface area contributed by atoms with Gasteiger partial charge in [0.2, 0.25) is 0 Å². The summed E-state index contributed by atoms with van der Waals surface area (Å²) in [6.45, 7) is 0.223. The highest BCUT2D eigenvalue weighted by Gasteiger charge is 2.10. The van der Waals surface area contributed by atoms with Crippen molar-refractivity contribution in [3.05, 3.63) is 46.7 Å². The molecule has 2 rings (SSSR count). The summed E-state index contributed by atoms with van der Waals surface area (Å²) in [7, 11) is 1.60. The Labute approximate surface area is 104 Å². The first-order valence-corrected chi connectivity index (χ1v) is 6.16. The minimum absolute atomic E-state index is 0.223. The largest absolute Gasteiger partial charge is 0.493 e. The Morgan fingerprint density at radius 1 is 1.18 bits per heavy atom. The molecule has 90 valence electrons. The van der Waals surface area contributed by atoms with Crippen LogP contribution in [0, 0.1) is 0 Å². The number of para-hydroxylation sites is 2. The Morgan fingerprint density at radius 3 is 2.59 bits per heavy atom. The number of aliphatic hydroxyl groups excluding tert-OH is 1. The number of hydrogen-bond donors (Lipinski definition) is 1. The van der Waals surface area contributed by atoms with Gasteiger partial charge >= 0.3 is 0 Å². The van der Waals surface area contributed by atoms with Crippen LogP contribution in [0.15, 0.2) is 41.8 Å². The third-order valence-corrected chi connectivity index (χ3v) is 3.31. The van der Waals surface area contributed by atoms with Crippen molar-refractivity contribution in [1.82, 2.24) is 0 Å². The van der Waals surface area contributed by atoms with E-state index in [2.05, 4.69) is 0 Å². The van der Waals surface area contributed by atoms with E-state index in [4.69, 9.17) is 9.47 Å². The molecule has 3 nitrogen and oxygen atoms in total. The van der Waals surface area contributed by atoms with Gasteiger partial charge in [-0.1, -0.05) is 18.2 Å². The van der Waals surface area contributed by atoms with E-state index < -0.39 is 6.10 Å². The second-order valence-electron chi connectivity index (χ2n) is 3.49. The molecule has 0 aliphatic heterocycles. The first-order valence-electron chi connectivity index (χ1n) is 5.28. The molecule has 0 saturated heterocycles. The molecule has 1 atom stereocenters. The molecule has 2 aromatic rings. The van der Waals surface area contributed by atoms with Crippen LogP contribution in [-0.4, -0.2) is 18.8 Å². The fraction of sp³-hybridized carbons (Fsp3) is 0.231. The average molecular weight is 250 g/mol. The first-order chi connectivity index (χ1) is 8.31. The van der Waals surface area contributed by atoms with E-state index in [1.54, 1.807) is 7.11 Å². The highest BCUT2D eigenvalue weighted by molar-refractivity contribution is 7.10. The van der Waals surface area contributed by atoms with Crippen molar-refractivity contribution in [2.45, 2.75) is 6.10 Å². The van der Waals surface area contributed by atoms with Crippen molar-refractivity contribution in [1.29, 1.82) is 0 Å². The average Bonchev–Trinajstić information content (AvgIpc) is 2.90. The molecule has 1 N–H and O–H groups in total. The molecule has 1 unspecified atom stereocenters. The molecular weight excluding hydrogens is 236 g/mol. The lowest BCUT2D eigenvalue weighted by atomic mass is 10.3. The number of rotatable bonds is 5. The van der Waals surface area contributed by atoms with Crippen molar-refractivity contribution in [2.75, 3.05) is 13.7 Å². The van der Waals surface area contributed by atoms with E-state index in [1.165, 1.54) is 11.3 Å². The van der Waals surface area contributed by atoms with Gasteiger partial charge in [0.1, 0.15) is 12.7 Å². The predicted octanol–water partition coefficient (Wildman–Crippen LogP) is 2.87. The number of thiophene rings is 1. The molecular formula is C13H14O3S. The molecule has 0 amide bonds. The number of aliphatic hydroxyl groups is 1. The topological polar surface area (TPSA) is 38.7 Å². The molecule has 0 aliphatic rings. The normalized spacial score (nSPS) is 12.1. The Bertz CT molecular complexity index is 453. The minimum atomic E-state index is -0.597. The summed E-state index contributed by atoms with van der Waals surface area (Å²) >= 11 is 1.51. The predicted molar refractivity (Wildman–Crippen MR) is 67.8 cm³/mol. The van der Waals surface area contributed by atoms with Crippen LogP contribution in [0.1, 0.15) is 11.0 Å². The van der Waals surface area contributed by atoms with E-state index in [0.29, 0.717) is 11.5 Å². The maximum absolute atomic E-state index is 9.88. The zero-order valence-corrected chi connectivity index (χ0v) is 10.3. The lowest BCUT2D eigenvalue weighted by molar-refractivity contribution is 0.109. The van der Waals surface area contributed by atoms with Gasteiger partial charge in [-0.3, -0.25) is 0 Å². The Hall–Kier alpha value is -1.52. The summed E-state index contributed by atoms with van der Waals surface area (Å²) in [4.78, 5) is 0.903. The van der Waals surface area contributed by atoms with Crippen LogP contribution in [-0.2, 0) is 0 Å². The first kappa shape index (κ1) is 12.0. The molecule has 0 aliphatic carbocycles. The molecule has 0 radical (unpaired) electrons. The van der Waals surface area contributed by atoms with Crippen LogP contribution in [0.4, 0.5) is 0 Å². The lowest BCUT2D eigenvalue weighted by Crippen LogP contribution is -2.08. The van der Waals surface area contributed by atoms with Gasteiger partial charge in [-0.2, -0.15) is 0 Å². The van der Waals surface area contributed by atoms with E-state index in [9.17, 15) is 5.11 Å². The third-order valence-electron chi connectivity index (χ3n) is 2.34. The van der Waals surface area contributed by atoms with Crippen LogP contribution < -0.4 is 9.47 Å². The number of methoxy groups -OCH3 is 1. The molecule has 0 fully saturated rings. The molecule has 17 heavy (non-hydrogen) atoms. The number of benzene rings is 1. The minimum Gasteiger partial charge on any atom is -0.493 e. The quantitative estimate of drug-likeness (QED) is 0.886. The van der Waals surface area contributed by atoms with Gasteiger partial charge < -0.3 is 14.6 Å². The van der Waals surface area contributed by atoms with Gasteiger partial charge in [0.05, 0.1) is 7.11 Å². The SMILES string of the molecule is COc1ccccc1OCC(O)c1cccs1. The van der Waals surface area contributed by atoms with Gasteiger partial charge in [0.25, 0.3) is 0 Å². The summed E-state index contributed by atoms with van der Waals surface area (Å²) in [6, 6.07) is 11.2. The summed E-state index contributed by atoms with van der Waals surface area (Å²) in [5.74, 6) is 1.32. The molecule has 1 aromatic carbocycles. The van der Waals surface area contributed by atoms with Crippen molar-refractivity contribution >= 4 is 11.3 Å². The summed E-state index contributed by atoms with van der Waals surface area (Å²) < 4.78 is 10.7. The van der Waals surface area contributed by atoms with Gasteiger partial charge in [-0.05, 0) is 23.6 Å². The zero-order chi connectivity index (χ0) is 12.1. The number of hydrogen-bond acceptors (Lipinski definition) is 4. The molecule has 0 spiro atoms. The molecule has 1 heterocycles. The van der Waals surface area contributed by atoms with E-state index in [-0.39, 0.29) is 6.61 Å². The highest BCUT2D eigenvalue weighted by Crippen LogP contribution is 2.27. The van der Waals surface area contributed by atoms with Gasteiger partial charge in [-0.15, -0.1) is 11.3 Å². The van der Waals surface area contributed by atoms with E-state index in [0.717, 1.165) is 4.88 Å². The fourth-order valence-corrected chi connectivity index (χ4v) is 2.17. The van der Waals surface area contributed by atoms with Crippen molar-refractivity contribution < 1.29 is 14.6 Å². The van der Waals surface area contributed by atoms with Crippen LogP contribution in [0.25, 0.3) is 0 Å². The van der Waals surface area contributed by atoms with E-state index >= 15 is 0 Å². The van der Waals surface area contributed by atoms with Crippen LogP contribution in [0.3, 0.4) is 0 Å². The fourth-order valence-electron chi connectivity index (χ4n) is 1.47. The summed E-state index contributed by atoms with van der Waals surface area (Å²) in [5, 5.41) is 11.8. The Balaban J connectivity index is 1.98. The molecule has 0 bridgehead atoms. The highest BCUT2D eigenvalue weighted by atomic mass is 32.1. The maximum Gasteiger partial charge on any atom is 0.161 e. The summed E-state index contributed by atoms with van der Waals surface area (Å²) in [6.07, 6.45) is -0.597. The van der Waals surface area contributed by atoms with Crippen molar-refractivity contribution in [2.24, 2.45) is 0 Å². The summed E-state index contributed by atoms with van der Waals surface area (Å²) in [5.41, 5.74) is 0. The van der Waals surface area contributed by atoms with Gasteiger partial charge in [0.15, 0.2) is 11.5 Å². The molecule has 1 aromatic heterocycles. The monoisotopic (exact) mass is 250 g/mol. The van der Waals surface area contributed by atoms with Crippen molar-refractivity contribution in [3.63, 3.8) is 0 Å². The standard InChI is InChI=1S/C13H14O3S/c1-15-11-5-2-3-6-12(11)16-9-10(14)13-7-4-8-17-13/h2-8,10,14H,9H2,1H3. The second kappa shape index (κ2) is 5.70. The maximum atomic E-state index is 9.88.